The van der Waals surface area contributed by atoms with Gasteiger partial charge in [0.2, 0.25) is 0 Å². The Morgan fingerprint density at radius 2 is 2.27 bits per heavy atom. The summed E-state index contributed by atoms with van der Waals surface area (Å²) in [7, 11) is 1.60. The zero-order chi connectivity index (χ0) is 11.1. The summed E-state index contributed by atoms with van der Waals surface area (Å²) < 4.78 is 5.15. The van der Waals surface area contributed by atoms with Crippen LogP contribution in [0.4, 0.5) is 0 Å². The molecule has 1 aromatic rings. The molecular formula is C12H19NO2. The number of nitrogens with zero attached hydrogens (tertiary/aromatic N) is 1. The van der Waals surface area contributed by atoms with Crippen molar-refractivity contribution in [2.24, 2.45) is 0 Å². The summed E-state index contributed by atoms with van der Waals surface area (Å²) in [6, 6.07) is 3.63. The van der Waals surface area contributed by atoms with Gasteiger partial charge in [0.05, 0.1) is 13.2 Å². The number of rotatable bonds is 6. The maximum absolute atomic E-state index is 9.92. The van der Waals surface area contributed by atoms with Crippen LogP contribution >= 0.6 is 0 Å². The van der Waals surface area contributed by atoms with Gasteiger partial charge < -0.3 is 9.84 Å². The van der Waals surface area contributed by atoms with Gasteiger partial charge in [-0.2, -0.15) is 0 Å². The molecular weight excluding hydrogens is 190 g/mol. The Labute approximate surface area is 91.1 Å². The normalized spacial score (nSPS) is 12.5. The molecule has 0 saturated carbocycles. The van der Waals surface area contributed by atoms with E-state index in [1.165, 1.54) is 0 Å². The molecule has 84 valence electrons. The Morgan fingerprint density at radius 1 is 1.47 bits per heavy atom. The van der Waals surface area contributed by atoms with E-state index in [0.29, 0.717) is 11.4 Å². The predicted molar refractivity (Wildman–Crippen MR) is 59.9 cm³/mol. The van der Waals surface area contributed by atoms with Gasteiger partial charge in [0.1, 0.15) is 11.4 Å². The number of pyridine rings is 1. The highest BCUT2D eigenvalue weighted by Crippen LogP contribution is 2.25. The Hall–Kier alpha value is -1.09. The summed E-state index contributed by atoms with van der Waals surface area (Å²) in [4.78, 5) is 4.15. The van der Waals surface area contributed by atoms with Crippen molar-refractivity contribution in [3.8, 4) is 5.75 Å². The molecule has 1 atom stereocenters. The van der Waals surface area contributed by atoms with Crippen molar-refractivity contribution in [3.05, 3.63) is 24.0 Å². The summed E-state index contributed by atoms with van der Waals surface area (Å²) in [6.07, 6.45) is 5.25. The molecule has 0 aliphatic heterocycles. The van der Waals surface area contributed by atoms with Crippen LogP contribution in [0.15, 0.2) is 18.3 Å². The van der Waals surface area contributed by atoms with E-state index in [2.05, 4.69) is 11.9 Å². The number of hydrogen-bond acceptors (Lipinski definition) is 3. The van der Waals surface area contributed by atoms with Gasteiger partial charge in [-0.25, -0.2) is 0 Å². The number of hydrogen-bond donors (Lipinski definition) is 1. The first-order valence-corrected chi connectivity index (χ1v) is 5.46. The van der Waals surface area contributed by atoms with Crippen LogP contribution in [-0.4, -0.2) is 17.2 Å². The SMILES string of the molecule is CCCCCC(O)c1ncccc1OC. The third-order valence-electron chi connectivity index (χ3n) is 2.42. The minimum atomic E-state index is -0.507. The van der Waals surface area contributed by atoms with Gasteiger partial charge in [0, 0.05) is 6.20 Å². The molecule has 0 aromatic carbocycles. The van der Waals surface area contributed by atoms with Crippen LogP contribution in [0, 0.1) is 0 Å². The second-order valence-electron chi connectivity index (χ2n) is 3.60. The lowest BCUT2D eigenvalue weighted by Crippen LogP contribution is -2.03. The molecule has 0 fully saturated rings. The van der Waals surface area contributed by atoms with Gasteiger partial charge in [-0.1, -0.05) is 26.2 Å². The summed E-state index contributed by atoms with van der Waals surface area (Å²) >= 11 is 0. The number of ether oxygens (including phenoxy) is 1. The third kappa shape index (κ3) is 3.51. The van der Waals surface area contributed by atoms with E-state index in [9.17, 15) is 5.11 Å². The average Bonchev–Trinajstić information content (AvgIpc) is 2.29. The van der Waals surface area contributed by atoms with E-state index in [1.807, 2.05) is 6.07 Å². The van der Waals surface area contributed by atoms with Crippen molar-refractivity contribution >= 4 is 0 Å². The highest BCUT2D eigenvalue weighted by molar-refractivity contribution is 5.28. The largest absolute Gasteiger partial charge is 0.495 e. The van der Waals surface area contributed by atoms with Crippen molar-refractivity contribution in [1.29, 1.82) is 0 Å². The predicted octanol–water partition coefficient (Wildman–Crippen LogP) is 2.70. The fourth-order valence-electron chi connectivity index (χ4n) is 1.55. The summed E-state index contributed by atoms with van der Waals surface area (Å²) in [6.45, 7) is 2.15. The smallest absolute Gasteiger partial charge is 0.143 e. The zero-order valence-corrected chi connectivity index (χ0v) is 9.44. The van der Waals surface area contributed by atoms with E-state index in [0.717, 1.165) is 25.7 Å². The molecule has 15 heavy (non-hydrogen) atoms. The van der Waals surface area contributed by atoms with Crippen molar-refractivity contribution in [3.63, 3.8) is 0 Å². The Balaban J connectivity index is 2.59. The monoisotopic (exact) mass is 209 g/mol. The molecule has 1 heterocycles. The van der Waals surface area contributed by atoms with Crippen LogP contribution in [0.25, 0.3) is 0 Å². The number of unbranched alkanes of at least 4 members (excludes halogenated alkanes) is 2. The van der Waals surface area contributed by atoms with Crippen LogP contribution in [-0.2, 0) is 0 Å². The summed E-state index contributed by atoms with van der Waals surface area (Å²) in [5, 5.41) is 9.92. The number of aliphatic hydroxyl groups is 1. The minimum Gasteiger partial charge on any atom is -0.495 e. The highest BCUT2D eigenvalue weighted by Gasteiger charge is 2.13. The maximum Gasteiger partial charge on any atom is 0.143 e. The van der Waals surface area contributed by atoms with Crippen LogP contribution in [0.2, 0.25) is 0 Å². The van der Waals surface area contributed by atoms with Crippen LogP contribution in [0.1, 0.15) is 44.4 Å². The van der Waals surface area contributed by atoms with E-state index < -0.39 is 6.10 Å². The van der Waals surface area contributed by atoms with Crippen molar-refractivity contribution in [1.82, 2.24) is 4.98 Å². The van der Waals surface area contributed by atoms with Crippen LogP contribution in [0.5, 0.6) is 5.75 Å². The van der Waals surface area contributed by atoms with Crippen molar-refractivity contribution < 1.29 is 9.84 Å². The molecule has 3 nitrogen and oxygen atoms in total. The molecule has 1 unspecified atom stereocenters. The molecule has 0 aliphatic rings. The van der Waals surface area contributed by atoms with Gasteiger partial charge in [-0.15, -0.1) is 0 Å². The molecule has 1 aromatic heterocycles. The Morgan fingerprint density at radius 3 is 2.93 bits per heavy atom. The van der Waals surface area contributed by atoms with Crippen LogP contribution in [0.3, 0.4) is 0 Å². The first-order chi connectivity index (χ1) is 7.29. The number of aliphatic hydroxyl groups excluding tert-OH is 1. The standard InChI is InChI=1S/C12H19NO2/c1-3-4-5-7-10(14)12-11(15-2)8-6-9-13-12/h6,8-10,14H,3-5,7H2,1-2H3. The van der Waals surface area contributed by atoms with Gasteiger partial charge in [-0.3, -0.25) is 4.98 Å². The summed E-state index contributed by atoms with van der Waals surface area (Å²) in [5.41, 5.74) is 0.649. The second-order valence-corrected chi connectivity index (χ2v) is 3.60. The second kappa shape index (κ2) is 6.40. The molecule has 0 aliphatic carbocycles. The van der Waals surface area contributed by atoms with Gasteiger partial charge in [0.15, 0.2) is 0 Å². The van der Waals surface area contributed by atoms with Crippen LogP contribution < -0.4 is 4.74 Å². The van der Waals surface area contributed by atoms with Crippen molar-refractivity contribution in [2.45, 2.75) is 38.7 Å². The minimum absolute atomic E-state index is 0.507. The highest BCUT2D eigenvalue weighted by atomic mass is 16.5. The number of methoxy groups -OCH3 is 1. The maximum atomic E-state index is 9.92. The van der Waals surface area contributed by atoms with E-state index in [1.54, 1.807) is 19.4 Å². The van der Waals surface area contributed by atoms with Gasteiger partial charge >= 0.3 is 0 Å². The lowest BCUT2D eigenvalue weighted by molar-refractivity contribution is 0.154. The molecule has 1 rings (SSSR count). The molecule has 0 spiro atoms. The number of aromatic nitrogens is 1. The van der Waals surface area contributed by atoms with E-state index in [4.69, 9.17) is 4.74 Å². The van der Waals surface area contributed by atoms with Crippen molar-refractivity contribution in [2.75, 3.05) is 7.11 Å². The molecule has 0 saturated heterocycles. The first kappa shape index (κ1) is 12.0. The lowest BCUT2D eigenvalue weighted by atomic mass is 10.1. The Bertz CT molecular complexity index is 289. The topological polar surface area (TPSA) is 42.4 Å². The molecule has 3 heteroatoms. The van der Waals surface area contributed by atoms with Gasteiger partial charge in [-0.05, 0) is 18.6 Å². The van der Waals surface area contributed by atoms with E-state index >= 15 is 0 Å². The molecule has 1 N–H and O–H groups in total. The molecule has 0 amide bonds. The fourth-order valence-corrected chi connectivity index (χ4v) is 1.55. The third-order valence-corrected chi connectivity index (χ3v) is 2.42. The molecule has 0 radical (unpaired) electrons. The van der Waals surface area contributed by atoms with E-state index in [-0.39, 0.29) is 0 Å². The zero-order valence-electron chi connectivity index (χ0n) is 9.44. The molecule has 0 bridgehead atoms. The average molecular weight is 209 g/mol. The van der Waals surface area contributed by atoms with Gasteiger partial charge in [0.25, 0.3) is 0 Å². The fraction of sp³-hybridized carbons (Fsp3) is 0.583. The first-order valence-electron chi connectivity index (χ1n) is 5.46. The quantitative estimate of drug-likeness (QED) is 0.732. The lowest BCUT2D eigenvalue weighted by Gasteiger charge is -2.12. The summed E-state index contributed by atoms with van der Waals surface area (Å²) in [5.74, 6) is 0.668. The Kier molecular flexibility index (Phi) is 5.12.